The number of para-hydroxylation sites is 1. The van der Waals surface area contributed by atoms with Gasteiger partial charge >= 0.3 is 0 Å². The Balaban J connectivity index is 1.45. The topological polar surface area (TPSA) is 52.0 Å². The molecule has 2 N–H and O–H groups in total. The third kappa shape index (κ3) is 3.51. The molecular formula is C20H22FN2O3+. The quantitative estimate of drug-likeness (QED) is 0.880. The summed E-state index contributed by atoms with van der Waals surface area (Å²) in [6.45, 7) is 2.36. The lowest BCUT2D eigenvalue weighted by molar-refractivity contribution is -0.910. The van der Waals surface area contributed by atoms with Crippen LogP contribution in [0.25, 0.3) is 0 Å². The number of fused-ring (bicyclic) bond motifs is 1. The molecule has 0 saturated carbocycles. The van der Waals surface area contributed by atoms with Crippen LogP contribution >= 0.6 is 0 Å². The summed E-state index contributed by atoms with van der Waals surface area (Å²) in [4.78, 5) is 13.6. The van der Waals surface area contributed by atoms with Crippen molar-refractivity contribution in [3.05, 3.63) is 53.8 Å². The molecule has 136 valence electrons. The van der Waals surface area contributed by atoms with Crippen LogP contribution < -0.4 is 19.7 Å². The molecule has 0 aromatic heterocycles. The van der Waals surface area contributed by atoms with Gasteiger partial charge in [0.1, 0.15) is 25.1 Å². The van der Waals surface area contributed by atoms with Gasteiger partial charge < -0.3 is 19.7 Å². The molecule has 6 heteroatoms. The van der Waals surface area contributed by atoms with E-state index in [0.717, 1.165) is 36.4 Å². The second-order valence-corrected chi connectivity index (χ2v) is 6.71. The molecule has 4 rings (SSSR count). The zero-order valence-electron chi connectivity index (χ0n) is 14.5. The Kier molecular flexibility index (Phi) is 4.75. The zero-order chi connectivity index (χ0) is 17.9. The van der Waals surface area contributed by atoms with Gasteiger partial charge in [-0.3, -0.25) is 4.79 Å². The number of benzene rings is 2. The van der Waals surface area contributed by atoms with Gasteiger partial charge in [-0.1, -0.05) is 12.1 Å². The smallest absolute Gasteiger partial charge is 0.279 e. The Hall–Kier alpha value is -2.60. The third-order valence-electron chi connectivity index (χ3n) is 4.99. The molecule has 2 aliphatic heterocycles. The van der Waals surface area contributed by atoms with Gasteiger partial charge in [0.15, 0.2) is 18.0 Å². The van der Waals surface area contributed by atoms with E-state index < -0.39 is 5.82 Å². The summed E-state index contributed by atoms with van der Waals surface area (Å²) in [6.07, 6.45) is 2.07. The third-order valence-corrected chi connectivity index (χ3v) is 4.99. The summed E-state index contributed by atoms with van der Waals surface area (Å²) < 4.78 is 25.0. The fourth-order valence-corrected chi connectivity index (χ4v) is 3.77. The zero-order valence-corrected chi connectivity index (χ0v) is 14.5. The lowest BCUT2D eigenvalue weighted by atomic mass is 10.0. The van der Waals surface area contributed by atoms with Gasteiger partial charge in [-0.2, -0.15) is 0 Å². The van der Waals surface area contributed by atoms with Gasteiger partial charge in [-0.15, -0.1) is 0 Å². The van der Waals surface area contributed by atoms with Crippen LogP contribution in [-0.2, 0) is 4.79 Å². The predicted octanol–water partition coefficient (Wildman–Crippen LogP) is 1.96. The standard InChI is InChI=1S/C20H21FN2O3/c21-15-4-1-2-5-16(15)22-20(24)13-23-9-3-6-17(23)14-7-8-18-19(12-14)26-11-10-25-18/h1-2,4-5,7-8,12,17H,3,6,9-11,13H2,(H,22,24)/p+1/t17-/m1/s1. The van der Waals surface area contributed by atoms with Crippen molar-refractivity contribution in [1.82, 2.24) is 0 Å². The van der Waals surface area contributed by atoms with Crippen LogP contribution in [0.3, 0.4) is 0 Å². The summed E-state index contributed by atoms with van der Waals surface area (Å²) in [5.74, 6) is 0.961. The molecule has 2 aromatic carbocycles. The summed E-state index contributed by atoms with van der Waals surface area (Å²) in [6, 6.07) is 12.5. The number of rotatable bonds is 4. The molecule has 1 amide bonds. The van der Waals surface area contributed by atoms with Crippen molar-refractivity contribution in [2.45, 2.75) is 18.9 Å². The van der Waals surface area contributed by atoms with Crippen LogP contribution in [0.1, 0.15) is 24.4 Å². The van der Waals surface area contributed by atoms with Crippen LogP contribution in [0.5, 0.6) is 11.5 Å². The number of hydrogen-bond acceptors (Lipinski definition) is 3. The highest BCUT2D eigenvalue weighted by molar-refractivity contribution is 5.91. The number of likely N-dealkylation sites (tertiary alicyclic amines) is 1. The average molecular weight is 357 g/mol. The van der Waals surface area contributed by atoms with E-state index in [0.29, 0.717) is 19.8 Å². The summed E-state index contributed by atoms with van der Waals surface area (Å²) in [7, 11) is 0. The molecule has 2 heterocycles. The molecule has 0 radical (unpaired) electrons. The Morgan fingerprint density at radius 2 is 1.96 bits per heavy atom. The minimum absolute atomic E-state index is 0.172. The lowest BCUT2D eigenvalue weighted by Gasteiger charge is -2.24. The SMILES string of the molecule is O=C(C[NH+]1CCC[C@@H]1c1ccc2c(c1)OCCO2)Nc1ccccc1F. The van der Waals surface area contributed by atoms with E-state index in [9.17, 15) is 9.18 Å². The van der Waals surface area contributed by atoms with Gasteiger partial charge in [-0.05, 0) is 30.3 Å². The number of halogens is 1. The molecule has 0 spiro atoms. The molecule has 2 aromatic rings. The first-order valence-electron chi connectivity index (χ1n) is 8.99. The van der Waals surface area contributed by atoms with Crippen molar-refractivity contribution in [2.24, 2.45) is 0 Å². The van der Waals surface area contributed by atoms with Crippen molar-refractivity contribution in [1.29, 1.82) is 0 Å². The number of carbonyl (C=O) groups excluding carboxylic acids is 1. The summed E-state index contributed by atoms with van der Waals surface area (Å²) in [5.41, 5.74) is 1.38. The average Bonchev–Trinajstić information content (AvgIpc) is 3.11. The van der Waals surface area contributed by atoms with Crippen molar-refractivity contribution in [2.75, 3.05) is 31.6 Å². The minimum atomic E-state index is -0.416. The van der Waals surface area contributed by atoms with Crippen LogP contribution in [0.15, 0.2) is 42.5 Å². The van der Waals surface area contributed by atoms with Gasteiger partial charge in [0, 0.05) is 18.4 Å². The summed E-state index contributed by atoms with van der Waals surface area (Å²) in [5, 5.41) is 2.68. The van der Waals surface area contributed by atoms with E-state index in [4.69, 9.17) is 9.47 Å². The molecule has 1 unspecified atom stereocenters. The van der Waals surface area contributed by atoms with Crippen molar-refractivity contribution < 1.29 is 23.6 Å². The molecule has 0 aliphatic carbocycles. The Labute approximate surface area is 151 Å². The lowest BCUT2D eigenvalue weighted by Crippen LogP contribution is -3.11. The largest absolute Gasteiger partial charge is 0.486 e. The minimum Gasteiger partial charge on any atom is -0.486 e. The maximum absolute atomic E-state index is 13.7. The number of quaternary nitrogens is 1. The molecule has 2 aliphatic rings. The van der Waals surface area contributed by atoms with Gasteiger partial charge in [-0.25, -0.2) is 4.39 Å². The molecule has 26 heavy (non-hydrogen) atoms. The molecule has 5 nitrogen and oxygen atoms in total. The number of anilines is 1. The van der Waals surface area contributed by atoms with Gasteiger partial charge in [0.2, 0.25) is 0 Å². The van der Waals surface area contributed by atoms with Crippen LogP contribution in [0.2, 0.25) is 0 Å². The maximum Gasteiger partial charge on any atom is 0.279 e. The number of amides is 1. The van der Waals surface area contributed by atoms with Crippen LogP contribution in [-0.4, -0.2) is 32.2 Å². The monoisotopic (exact) mass is 357 g/mol. The van der Waals surface area contributed by atoms with E-state index in [1.165, 1.54) is 11.0 Å². The first-order chi connectivity index (χ1) is 12.7. The van der Waals surface area contributed by atoms with E-state index in [1.54, 1.807) is 18.2 Å². The Morgan fingerprint density at radius 3 is 2.81 bits per heavy atom. The van der Waals surface area contributed by atoms with E-state index in [-0.39, 0.29) is 17.6 Å². The van der Waals surface area contributed by atoms with Crippen molar-refractivity contribution in [3.8, 4) is 11.5 Å². The highest BCUT2D eigenvalue weighted by Gasteiger charge is 2.32. The first kappa shape index (κ1) is 16.8. The Morgan fingerprint density at radius 1 is 1.15 bits per heavy atom. The fraction of sp³-hybridized carbons (Fsp3) is 0.350. The second kappa shape index (κ2) is 7.33. The molecular weight excluding hydrogens is 335 g/mol. The number of ether oxygens (including phenoxy) is 2. The van der Waals surface area contributed by atoms with Crippen molar-refractivity contribution in [3.63, 3.8) is 0 Å². The van der Waals surface area contributed by atoms with Crippen LogP contribution in [0, 0.1) is 5.82 Å². The van der Waals surface area contributed by atoms with Crippen molar-refractivity contribution >= 4 is 11.6 Å². The number of hydrogen-bond donors (Lipinski definition) is 2. The second-order valence-electron chi connectivity index (χ2n) is 6.71. The first-order valence-corrected chi connectivity index (χ1v) is 8.99. The molecule has 2 atom stereocenters. The number of nitrogens with one attached hydrogen (secondary N) is 2. The number of carbonyl (C=O) groups is 1. The van der Waals surface area contributed by atoms with Crippen LogP contribution in [0.4, 0.5) is 10.1 Å². The molecule has 1 saturated heterocycles. The highest BCUT2D eigenvalue weighted by Crippen LogP contribution is 2.33. The van der Waals surface area contributed by atoms with Gasteiger partial charge in [0.05, 0.1) is 12.2 Å². The van der Waals surface area contributed by atoms with E-state index in [1.807, 2.05) is 12.1 Å². The van der Waals surface area contributed by atoms with E-state index in [2.05, 4.69) is 11.4 Å². The van der Waals surface area contributed by atoms with E-state index >= 15 is 0 Å². The fourth-order valence-electron chi connectivity index (χ4n) is 3.77. The predicted molar refractivity (Wildman–Crippen MR) is 95.1 cm³/mol. The summed E-state index contributed by atoms with van der Waals surface area (Å²) >= 11 is 0. The van der Waals surface area contributed by atoms with Gasteiger partial charge in [0.25, 0.3) is 5.91 Å². The highest BCUT2D eigenvalue weighted by atomic mass is 19.1. The molecule has 0 bridgehead atoms. The normalized spacial score (nSPS) is 21.4. The maximum atomic E-state index is 13.7. The molecule has 1 fully saturated rings. The Bertz CT molecular complexity index is 811.